The van der Waals surface area contributed by atoms with Crippen LogP contribution >= 0.6 is 0 Å². The van der Waals surface area contributed by atoms with Crippen molar-refractivity contribution >= 4 is 11.8 Å². The van der Waals surface area contributed by atoms with E-state index >= 15 is 0 Å². The first-order valence-electron chi connectivity index (χ1n) is 10.5. The van der Waals surface area contributed by atoms with Crippen LogP contribution in [0.25, 0.3) is 0 Å². The second kappa shape index (κ2) is 5.97. The molecule has 3 aliphatic rings. The highest BCUT2D eigenvalue weighted by molar-refractivity contribution is 5.93. The molecule has 1 saturated heterocycles. The molecule has 4 heterocycles. The molecule has 0 bridgehead atoms. The Morgan fingerprint density at radius 1 is 1.31 bits per heavy atom. The molecule has 2 aromatic rings. The molecule has 2 amide bonds. The minimum Gasteiger partial charge on any atom is -0.456 e. The van der Waals surface area contributed by atoms with Crippen molar-refractivity contribution in [2.24, 2.45) is 11.3 Å². The predicted octanol–water partition coefficient (Wildman–Crippen LogP) is 2.81. The molecule has 7 heteroatoms. The number of aromatic nitrogens is 2. The first-order chi connectivity index (χ1) is 13.7. The van der Waals surface area contributed by atoms with Crippen molar-refractivity contribution in [2.75, 3.05) is 13.1 Å². The molecule has 7 nitrogen and oxygen atoms in total. The summed E-state index contributed by atoms with van der Waals surface area (Å²) in [5.74, 6) is 2.28. The molecule has 2 aromatic heterocycles. The van der Waals surface area contributed by atoms with Gasteiger partial charge in [0.15, 0.2) is 5.76 Å². The van der Waals surface area contributed by atoms with Crippen molar-refractivity contribution in [2.45, 2.75) is 58.5 Å². The number of imidazole rings is 1. The van der Waals surface area contributed by atoms with Crippen molar-refractivity contribution in [3.05, 3.63) is 41.4 Å². The van der Waals surface area contributed by atoms with Crippen molar-refractivity contribution in [3.63, 3.8) is 0 Å². The smallest absolute Gasteiger partial charge is 0.287 e. The van der Waals surface area contributed by atoms with E-state index in [0.29, 0.717) is 18.8 Å². The van der Waals surface area contributed by atoms with Crippen LogP contribution in [-0.2, 0) is 16.8 Å². The quantitative estimate of drug-likeness (QED) is 0.862. The van der Waals surface area contributed by atoms with Gasteiger partial charge in [-0.05, 0) is 24.8 Å². The monoisotopic (exact) mass is 396 g/mol. The third-order valence-corrected chi connectivity index (χ3v) is 7.00. The summed E-state index contributed by atoms with van der Waals surface area (Å²) in [5.41, 5.74) is 0.832. The Morgan fingerprint density at radius 2 is 2.03 bits per heavy atom. The highest BCUT2D eigenvalue weighted by Crippen LogP contribution is 2.54. The number of likely N-dealkylation sites (tertiary alicyclic amines) is 1. The average molecular weight is 396 g/mol. The summed E-state index contributed by atoms with van der Waals surface area (Å²) in [4.78, 5) is 32.0. The van der Waals surface area contributed by atoms with Gasteiger partial charge in [0.05, 0.1) is 11.6 Å². The molecule has 2 fully saturated rings. The fraction of sp³-hybridized carbons (Fsp3) is 0.591. The largest absolute Gasteiger partial charge is 0.456 e. The minimum absolute atomic E-state index is 0.143. The molecule has 1 spiro atoms. The first-order valence-corrected chi connectivity index (χ1v) is 10.5. The molecule has 1 unspecified atom stereocenters. The molecule has 0 radical (unpaired) electrons. The van der Waals surface area contributed by atoms with E-state index in [1.807, 2.05) is 31.0 Å². The summed E-state index contributed by atoms with van der Waals surface area (Å²) >= 11 is 0. The highest BCUT2D eigenvalue weighted by atomic mass is 16.4. The summed E-state index contributed by atoms with van der Waals surface area (Å²) in [5, 5.41) is 3.11. The zero-order chi connectivity index (χ0) is 20.6. The van der Waals surface area contributed by atoms with Gasteiger partial charge < -0.3 is 19.2 Å². The fourth-order valence-corrected chi connectivity index (χ4v) is 5.04. The predicted molar refractivity (Wildman–Crippen MR) is 106 cm³/mol. The molecule has 0 aromatic carbocycles. The maximum absolute atomic E-state index is 12.8. The molecule has 1 aliphatic carbocycles. The van der Waals surface area contributed by atoms with Crippen molar-refractivity contribution in [3.8, 4) is 0 Å². The molecule has 29 heavy (non-hydrogen) atoms. The van der Waals surface area contributed by atoms with Crippen LogP contribution in [0.1, 0.15) is 67.4 Å². The molecular formula is C22H28N4O3. The lowest BCUT2D eigenvalue weighted by atomic mass is 9.85. The summed E-state index contributed by atoms with van der Waals surface area (Å²) in [6.07, 6.45) is 6.23. The number of aryl methyl sites for hydroxylation is 2. The van der Waals surface area contributed by atoms with Gasteiger partial charge in [-0.25, -0.2) is 4.98 Å². The molecule has 154 valence electrons. The van der Waals surface area contributed by atoms with Gasteiger partial charge in [0, 0.05) is 49.8 Å². The number of hydrogen-bond donors (Lipinski definition) is 1. The number of furan rings is 1. The Labute approximate surface area is 170 Å². The number of carbonyl (C=O) groups is 2. The number of hydrogen-bond acceptors (Lipinski definition) is 4. The van der Waals surface area contributed by atoms with E-state index < -0.39 is 0 Å². The third kappa shape index (κ3) is 2.74. The lowest BCUT2D eigenvalue weighted by molar-refractivity contribution is -0.144. The molecular weight excluding hydrogens is 368 g/mol. The summed E-state index contributed by atoms with van der Waals surface area (Å²) in [7, 11) is 0. The fourth-order valence-electron chi connectivity index (χ4n) is 5.04. The van der Waals surface area contributed by atoms with Crippen LogP contribution in [0.4, 0.5) is 0 Å². The van der Waals surface area contributed by atoms with Gasteiger partial charge in [0.25, 0.3) is 5.91 Å². The van der Waals surface area contributed by atoms with Crippen LogP contribution in [-0.4, -0.2) is 39.4 Å². The Kier molecular flexibility index (Phi) is 3.80. The van der Waals surface area contributed by atoms with Gasteiger partial charge in [-0.15, -0.1) is 0 Å². The molecule has 2 aliphatic heterocycles. The van der Waals surface area contributed by atoms with Gasteiger partial charge >= 0.3 is 0 Å². The molecule has 1 N–H and O–H groups in total. The highest BCUT2D eigenvalue weighted by Gasteiger charge is 2.58. The minimum atomic E-state index is -0.203. The molecule has 5 rings (SSSR count). The van der Waals surface area contributed by atoms with E-state index in [2.05, 4.69) is 28.7 Å². The third-order valence-electron chi connectivity index (χ3n) is 7.00. The number of nitrogens with zero attached hydrogens (tertiary/aromatic N) is 3. The van der Waals surface area contributed by atoms with Gasteiger partial charge in [-0.2, -0.15) is 0 Å². The maximum Gasteiger partial charge on any atom is 0.287 e. The Balaban J connectivity index is 1.30. The SMILES string of the molecule is CCc1cc(C)c(C(=O)NC2CC3(CN(C(=O)[C@H]4CC4(C)C)C3)n3ccnc32)o1. The number of rotatable bonds is 4. The molecule has 2 atom stereocenters. The molecule has 1 saturated carbocycles. The van der Waals surface area contributed by atoms with Crippen LogP contribution in [0.5, 0.6) is 0 Å². The van der Waals surface area contributed by atoms with Gasteiger partial charge in [0.2, 0.25) is 5.91 Å². The van der Waals surface area contributed by atoms with Crippen LogP contribution in [0.2, 0.25) is 0 Å². The van der Waals surface area contributed by atoms with E-state index in [1.54, 1.807) is 6.20 Å². The van der Waals surface area contributed by atoms with E-state index in [9.17, 15) is 9.59 Å². The van der Waals surface area contributed by atoms with Crippen molar-refractivity contribution in [1.29, 1.82) is 0 Å². The number of nitrogens with one attached hydrogen (secondary N) is 1. The normalized spacial score (nSPS) is 25.6. The van der Waals surface area contributed by atoms with E-state index in [4.69, 9.17) is 4.42 Å². The van der Waals surface area contributed by atoms with Crippen LogP contribution in [0.15, 0.2) is 22.9 Å². The summed E-state index contributed by atoms with van der Waals surface area (Å²) < 4.78 is 7.87. The number of carbonyl (C=O) groups excluding carboxylic acids is 2. The second-order valence-electron chi connectivity index (χ2n) is 9.63. The van der Waals surface area contributed by atoms with Gasteiger partial charge in [0.1, 0.15) is 11.6 Å². The summed E-state index contributed by atoms with van der Waals surface area (Å²) in [6.45, 7) is 9.58. The van der Waals surface area contributed by atoms with Crippen LogP contribution < -0.4 is 5.32 Å². The lowest BCUT2D eigenvalue weighted by Crippen LogP contribution is -2.63. The van der Waals surface area contributed by atoms with Crippen LogP contribution in [0.3, 0.4) is 0 Å². The standard InChI is InChI=1S/C22H28N4O3/c1-5-14-8-13(2)17(29-14)19(27)24-16-10-22(26-7-6-23-18(16)26)11-25(12-22)20(28)15-9-21(15,3)4/h6-8,15-16H,5,9-12H2,1-4H3,(H,24,27)/t15-,16?/m1/s1. The second-order valence-corrected chi connectivity index (χ2v) is 9.63. The first kappa shape index (κ1) is 18.5. The average Bonchev–Trinajstić information content (AvgIpc) is 3.05. The van der Waals surface area contributed by atoms with Gasteiger partial charge in [-0.3, -0.25) is 9.59 Å². The summed E-state index contributed by atoms with van der Waals surface area (Å²) in [6, 6.07) is 1.74. The topological polar surface area (TPSA) is 80.4 Å². The van der Waals surface area contributed by atoms with E-state index in [-0.39, 0.29) is 34.7 Å². The zero-order valence-corrected chi connectivity index (χ0v) is 17.5. The zero-order valence-electron chi connectivity index (χ0n) is 17.5. The van der Waals surface area contributed by atoms with Crippen molar-refractivity contribution < 1.29 is 14.0 Å². The lowest BCUT2D eigenvalue weighted by Gasteiger charge is -2.49. The van der Waals surface area contributed by atoms with Crippen molar-refractivity contribution in [1.82, 2.24) is 19.8 Å². The number of fused-ring (bicyclic) bond motifs is 2. The Bertz CT molecular complexity index is 996. The van der Waals surface area contributed by atoms with Gasteiger partial charge in [-0.1, -0.05) is 20.8 Å². The number of amides is 2. The van der Waals surface area contributed by atoms with E-state index in [0.717, 1.165) is 36.4 Å². The Hall–Kier alpha value is -2.57. The maximum atomic E-state index is 12.8. The van der Waals surface area contributed by atoms with E-state index in [1.165, 1.54) is 0 Å². The van der Waals surface area contributed by atoms with Crippen LogP contribution in [0, 0.1) is 18.3 Å². The Morgan fingerprint density at radius 3 is 2.66 bits per heavy atom.